The second-order valence-corrected chi connectivity index (χ2v) is 4.14. The molecule has 1 aromatic heterocycles. The fourth-order valence-electron chi connectivity index (χ4n) is 1.37. The van der Waals surface area contributed by atoms with E-state index in [4.69, 9.17) is 0 Å². The lowest BCUT2D eigenvalue weighted by Crippen LogP contribution is -2.25. The number of pyridine rings is 1. The van der Waals surface area contributed by atoms with Gasteiger partial charge in [-0.05, 0) is 45.6 Å². The lowest BCUT2D eigenvalue weighted by molar-refractivity contribution is 0.0952. The zero-order valence-corrected chi connectivity index (χ0v) is 10.2. The Bertz CT molecular complexity index is 351. The van der Waals surface area contributed by atoms with E-state index in [0.29, 0.717) is 12.1 Å². The molecule has 0 aliphatic rings. The monoisotopic (exact) mass is 238 g/mol. The molecule has 1 N–H and O–H groups in total. The van der Waals surface area contributed by atoms with Gasteiger partial charge in [-0.15, -0.1) is 0 Å². The van der Waals surface area contributed by atoms with Crippen molar-refractivity contribution in [3.8, 4) is 0 Å². The fourth-order valence-corrected chi connectivity index (χ4v) is 1.37. The quantitative estimate of drug-likeness (QED) is 0.600. The summed E-state index contributed by atoms with van der Waals surface area (Å²) < 4.78 is 12.5. The molecule has 0 saturated heterocycles. The molecule has 0 bridgehead atoms. The third-order valence-corrected chi connectivity index (χ3v) is 2.31. The molecular formula is C12H18FN3O. The smallest absolute Gasteiger partial charge is 0.252 e. The number of rotatable bonds is 6. The van der Waals surface area contributed by atoms with Crippen molar-refractivity contribution in [1.29, 1.82) is 0 Å². The minimum absolute atomic E-state index is 0.206. The molecule has 1 amide bonds. The highest BCUT2D eigenvalue weighted by atomic mass is 18.2. The molecule has 1 heterocycles. The van der Waals surface area contributed by atoms with Crippen LogP contribution in [0.1, 0.15) is 23.2 Å². The fraction of sp³-hybridized carbons (Fsp3) is 0.500. The molecule has 0 spiro atoms. The second kappa shape index (κ2) is 6.96. The SMILES string of the molecule is CN(C)CCCCNC(=O)c1ccc([18F])nc1. The molecule has 0 radical (unpaired) electrons. The summed E-state index contributed by atoms with van der Waals surface area (Å²) in [4.78, 5) is 17.1. The Labute approximate surface area is 101 Å². The first-order valence-corrected chi connectivity index (χ1v) is 5.64. The van der Waals surface area contributed by atoms with Crippen molar-refractivity contribution in [3.63, 3.8) is 0 Å². The third kappa shape index (κ3) is 5.40. The zero-order valence-electron chi connectivity index (χ0n) is 10.2. The van der Waals surface area contributed by atoms with Gasteiger partial charge in [0.05, 0.1) is 5.56 Å². The summed E-state index contributed by atoms with van der Waals surface area (Å²) in [5.41, 5.74) is 0.388. The van der Waals surface area contributed by atoms with E-state index >= 15 is 0 Å². The Morgan fingerprint density at radius 1 is 1.41 bits per heavy atom. The maximum atomic E-state index is 12.5. The molecule has 0 aromatic carbocycles. The van der Waals surface area contributed by atoms with Gasteiger partial charge >= 0.3 is 0 Å². The van der Waals surface area contributed by atoms with Gasteiger partial charge in [0.2, 0.25) is 5.95 Å². The van der Waals surface area contributed by atoms with Gasteiger partial charge in [-0.3, -0.25) is 4.79 Å². The van der Waals surface area contributed by atoms with Crippen molar-refractivity contribution < 1.29 is 9.18 Å². The van der Waals surface area contributed by atoms with E-state index in [2.05, 4.69) is 15.2 Å². The maximum Gasteiger partial charge on any atom is 0.252 e. The lowest BCUT2D eigenvalue weighted by Gasteiger charge is -2.09. The average molecular weight is 238 g/mol. The normalized spacial score (nSPS) is 10.6. The number of halogens is 1. The molecule has 17 heavy (non-hydrogen) atoms. The molecule has 0 atom stereocenters. The van der Waals surface area contributed by atoms with E-state index in [9.17, 15) is 9.18 Å². The standard InChI is InChI=1S/C12H18FN3O/c1-16(2)8-4-3-7-14-12(17)10-5-6-11(13)15-9-10/h5-6,9H,3-4,7-8H2,1-2H3,(H,14,17)/i13-1. The van der Waals surface area contributed by atoms with Crippen molar-refractivity contribution in [2.45, 2.75) is 12.8 Å². The Morgan fingerprint density at radius 2 is 2.18 bits per heavy atom. The highest BCUT2D eigenvalue weighted by molar-refractivity contribution is 5.93. The summed E-state index contributed by atoms with van der Waals surface area (Å²) in [6, 6.07) is 2.61. The highest BCUT2D eigenvalue weighted by Crippen LogP contribution is 1.99. The van der Waals surface area contributed by atoms with Gasteiger partial charge in [-0.25, -0.2) is 4.98 Å². The van der Waals surface area contributed by atoms with Crippen LogP contribution >= 0.6 is 0 Å². The van der Waals surface area contributed by atoms with Gasteiger partial charge in [-0.1, -0.05) is 0 Å². The van der Waals surface area contributed by atoms with Crippen LogP contribution in [-0.2, 0) is 0 Å². The first-order chi connectivity index (χ1) is 8.09. The van der Waals surface area contributed by atoms with E-state index in [1.165, 1.54) is 18.3 Å². The molecule has 1 rings (SSSR count). The number of amides is 1. The van der Waals surface area contributed by atoms with Crippen molar-refractivity contribution in [2.24, 2.45) is 0 Å². The largest absolute Gasteiger partial charge is 0.352 e. The first-order valence-electron chi connectivity index (χ1n) is 5.64. The van der Waals surface area contributed by atoms with Crippen LogP contribution in [0.3, 0.4) is 0 Å². The number of carbonyl (C=O) groups excluding carboxylic acids is 1. The number of nitrogens with zero attached hydrogens (tertiary/aromatic N) is 2. The van der Waals surface area contributed by atoms with Crippen LogP contribution in [-0.4, -0.2) is 43.0 Å². The van der Waals surface area contributed by atoms with Gasteiger partial charge in [0.25, 0.3) is 5.91 Å². The number of carbonyl (C=O) groups is 1. The number of nitrogens with one attached hydrogen (secondary N) is 1. The van der Waals surface area contributed by atoms with Crippen LogP contribution in [0.4, 0.5) is 4.39 Å². The molecule has 0 unspecified atom stereocenters. The highest BCUT2D eigenvalue weighted by Gasteiger charge is 2.04. The predicted molar refractivity (Wildman–Crippen MR) is 64.3 cm³/mol. The van der Waals surface area contributed by atoms with Crippen LogP contribution < -0.4 is 5.32 Å². The molecule has 1 aromatic rings. The van der Waals surface area contributed by atoms with E-state index < -0.39 is 5.95 Å². The Kier molecular flexibility index (Phi) is 5.56. The molecule has 0 aliphatic heterocycles. The topological polar surface area (TPSA) is 45.2 Å². The Hall–Kier alpha value is -1.49. The first kappa shape index (κ1) is 13.6. The van der Waals surface area contributed by atoms with E-state index in [1.807, 2.05) is 14.1 Å². The maximum absolute atomic E-state index is 12.5. The average Bonchev–Trinajstić information content (AvgIpc) is 2.29. The van der Waals surface area contributed by atoms with Crippen molar-refractivity contribution in [3.05, 3.63) is 29.8 Å². The number of hydrogen-bond acceptors (Lipinski definition) is 3. The molecule has 0 fully saturated rings. The molecule has 0 aliphatic carbocycles. The number of aromatic nitrogens is 1. The Balaban J connectivity index is 2.23. The molecule has 0 saturated carbocycles. The Morgan fingerprint density at radius 3 is 2.76 bits per heavy atom. The van der Waals surface area contributed by atoms with Gasteiger partial charge in [0.15, 0.2) is 0 Å². The zero-order chi connectivity index (χ0) is 12.7. The minimum atomic E-state index is -0.576. The van der Waals surface area contributed by atoms with E-state index in [-0.39, 0.29) is 5.91 Å². The van der Waals surface area contributed by atoms with Crippen LogP contribution in [0.5, 0.6) is 0 Å². The minimum Gasteiger partial charge on any atom is -0.352 e. The predicted octanol–water partition coefficient (Wildman–Crippen LogP) is 1.29. The third-order valence-electron chi connectivity index (χ3n) is 2.31. The summed E-state index contributed by atoms with van der Waals surface area (Å²) in [5.74, 6) is -0.783. The molecular weight excluding hydrogens is 220 g/mol. The van der Waals surface area contributed by atoms with E-state index in [1.54, 1.807) is 0 Å². The molecule has 4 nitrogen and oxygen atoms in total. The van der Waals surface area contributed by atoms with Crippen LogP contribution in [0, 0.1) is 5.95 Å². The summed E-state index contributed by atoms with van der Waals surface area (Å²) >= 11 is 0. The van der Waals surface area contributed by atoms with Gasteiger partial charge in [0.1, 0.15) is 0 Å². The van der Waals surface area contributed by atoms with Crippen molar-refractivity contribution in [1.82, 2.24) is 15.2 Å². The molecule has 94 valence electrons. The second-order valence-electron chi connectivity index (χ2n) is 4.14. The van der Waals surface area contributed by atoms with Crippen molar-refractivity contribution in [2.75, 3.05) is 27.2 Å². The molecule has 5 heteroatoms. The van der Waals surface area contributed by atoms with E-state index in [0.717, 1.165) is 19.4 Å². The summed E-state index contributed by atoms with van der Waals surface area (Å²) in [6.07, 6.45) is 3.21. The van der Waals surface area contributed by atoms with Gasteiger partial charge in [-0.2, -0.15) is 4.39 Å². The van der Waals surface area contributed by atoms with Crippen molar-refractivity contribution >= 4 is 5.91 Å². The van der Waals surface area contributed by atoms with Crippen LogP contribution in [0.15, 0.2) is 18.3 Å². The van der Waals surface area contributed by atoms with Crippen LogP contribution in [0.25, 0.3) is 0 Å². The lowest BCUT2D eigenvalue weighted by atomic mass is 10.2. The van der Waals surface area contributed by atoms with Crippen LogP contribution in [0.2, 0.25) is 0 Å². The number of unbranched alkanes of at least 4 members (excludes halogenated alkanes) is 1. The van der Waals surface area contributed by atoms with Gasteiger partial charge < -0.3 is 10.2 Å². The summed E-state index contributed by atoms with van der Waals surface area (Å²) in [5, 5.41) is 2.77. The summed E-state index contributed by atoms with van der Waals surface area (Å²) in [7, 11) is 4.03. The summed E-state index contributed by atoms with van der Waals surface area (Å²) in [6.45, 7) is 1.64. The van der Waals surface area contributed by atoms with Gasteiger partial charge in [0, 0.05) is 12.7 Å². The number of hydrogen-bond donors (Lipinski definition) is 1.